The van der Waals surface area contributed by atoms with Gasteiger partial charge < -0.3 is 16.8 Å². The summed E-state index contributed by atoms with van der Waals surface area (Å²) in [6.07, 6.45) is 2.37. The number of nitrogens with two attached hydrogens (primary N) is 2. The zero-order valence-corrected chi connectivity index (χ0v) is 10.9. The van der Waals surface area contributed by atoms with Gasteiger partial charge in [0.2, 0.25) is 0 Å². The molecule has 1 aliphatic rings. The molecule has 1 aromatic carbocycles. The van der Waals surface area contributed by atoms with Crippen molar-refractivity contribution in [2.45, 2.75) is 18.1 Å². The Balaban J connectivity index is 2.12. The Bertz CT molecular complexity index is 422. The van der Waals surface area contributed by atoms with E-state index in [1.807, 2.05) is 11.8 Å². The molecule has 2 rings (SSSR count). The van der Waals surface area contributed by atoms with Crippen LogP contribution in [-0.2, 0) is 0 Å². The summed E-state index contributed by atoms with van der Waals surface area (Å²) in [5.74, 6) is 0.611. The van der Waals surface area contributed by atoms with Crippen LogP contribution in [0.2, 0.25) is 5.02 Å². The molecule has 0 aromatic heterocycles. The third-order valence-electron chi connectivity index (χ3n) is 2.80. The second kappa shape index (κ2) is 5.23. The lowest BCUT2D eigenvalue weighted by Crippen LogP contribution is -2.16. The van der Waals surface area contributed by atoms with Crippen molar-refractivity contribution in [3.8, 4) is 0 Å². The zero-order valence-electron chi connectivity index (χ0n) is 9.30. The van der Waals surface area contributed by atoms with Crippen molar-refractivity contribution < 1.29 is 4.39 Å². The molecular formula is C11H15ClFN3S. The molecule has 1 atom stereocenters. The van der Waals surface area contributed by atoms with Crippen LogP contribution in [0.3, 0.4) is 0 Å². The molecule has 1 saturated heterocycles. The topological polar surface area (TPSA) is 64.1 Å². The lowest BCUT2D eigenvalue weighted by Gasteiger charge is -2.15. The molecule has 1 fully saturated rings. The van der Waals surface area contributed by atoms with Gasteiger partial charge in [0, 0.05) is 11.8 Å². The predicted molar refractivity (Wildman–Crippen MR) is 74.2 cm³/mol. The van der Waals surface area contributed by atoms with Crippen molar-refractivity contribution in [1.29, 1.82) is 0 Å². The van der Waals surface area contributed by atoms with Gasteiger partial charge in [0.25, 0.3) is 0 Å². The Morgan fingerprint density at radius 1 is 1.47 bits per heavy atom. The fourth-order valence-corrected chi connectivity index (χ4v) is 3.22. The minimum Gasteiger partial charge on any atom is -0.397 e. The largest absolute Gasteiger partial charge is 0.397 e. The van der Waals surface area contributed by atoms with E-state index in [9.17, 15) is 4.39 Å². The number of nitrogen functional groups attached to an aromatic ring is 2. The number of hydrogen-bond donors (Lipinski definition) is 3. The van der Waals surface area contributed by atoms with Gasteiger partial charge in [-0.05, 0) is 24.7 Å². The maximum atomic E-state index is 13.8. The first kappa shape index (κ1) is 12.6. The summed E-state index contributed by atoms with van der Waals surface area (Å²) in [5.41, 5.74) is 12.0. The Morgan fingerprint density at radius 2 is 2.24 bits per heavy atom. The van der Waals surface area contributed by atoms with Gasteiger partial charge in [-0.2, -0.15) is 11.8 Å². The minimum atomic E-state index is -0.563. The number of rotatable bonds is 3. The Hall–Kier alpha value is -0.810. The smallest absolute Gasteiger partial charge is 0.169 e. The molecule has 0 aliphatic carbocycles. The average molecular weight is 276 g/mol. The minimum absolute atomic E-state index is 0.0687. The standard InChI is InChI=1S/C11H15ClFN3S/c12-9-7(14)4-8(15)11(10(9)13)16-5-6-2-1-3-17-6/h4,6,16H,1-3,5,14-15H2. The molecule has 0 radical (unpaired) electrons. The van der Waals surface area contributed by atoms with E-state index in [1.54, 1.807) is 0 Å². The molecule has 0 amide bonds. The molecule has 94 valence electrons. The Morgan fingerprint density at radius 3 is 2.88 bits per heavy atom. The fraction of sp³-hybridized carbons (Fsp3) is 0.455. The lowest BCUT2D eigenvalue weighted by atomic mass is 10.2. The van der Waals surface area contributed by atoms with Crippen molar-refractivity contribution >= 4 is 40.4 Å². The number of thioether (sulfide) groups is 1. The first-order chi connectivity index (χ1) is 8.09. The van der Waals surface area contributed by atoms with E-state index in [1.165, 1.54) is 18.2 Å². The van der Waals surface area contributed by atoms with Gasteiger partial charge in [-0.3, -0.25) is 0 Å². The van der Waals surface area contributed by atoms with Crippen molar-refractivity contribution in [2.75, 3.05) is 29.1 Å². The van der Waals surface area contributed by atoms with Crippen LogP contribution in [0.15, 0.2) is 6.07 Å². The summed E-state index contributed by atoms with van der Waals surface area (Å²) in [6, 6.07) is 1.48. The number of nitrogens with one attached hydrogen (secondary N) is 1. The molecule has 1 aromatic rings. The number of benzene rings is 1. The third-order valence-corrected chi connectivity index (χ3v) is 4.58. The summed E-state index contributed by atoms with van der Waals surface area (Å²) in [4.78, 5) is 0. The van der Waals surface area contributed by atoms with Gasteiger partial charge in [-0.15, -0.1) is 0 Å². The van der Waals surface area contributed by atoms with E-state index in [0.717, 1.165) is 6.42 Å². The van der Waals surface area contributed by atoms with Crippen LogP contribution in [0.25, 0.3) is 0 Å². The Labute approximate surface area is 109 Å². The van der Waals surface area contributed by atoms with Crippen LogP contribution in [0.4, 0.5) is 21.5 Å². The van der Waals surface area contributed by atoms with Crippen molar-refractivity contribution in [2.24, 2.45) is 0 Å². The van der Waals surface area contributed by atoms with Crippen LogP contribution in [-0.4, -0.2) is 17.5 Å². The summed E-state index contributed by atoms with van der Waals surface area (Å²) < 4.78 is 13.8. The van der Waals surface area contributed by atoms with Crippen molar-refractivity contribution in [3.63, 3.8) is 0 Å². The van der Waals surface area contributed by atoms with E-state index in [2.05, 4.69) is 5.32 Å². The normalized spacial score (nSPS) is 19.5. The molecule has 1 heterocycles. The van der Waals surface area contributed by atoms with Crippen LogP contribution in [0.1, 0.15) is 12.8 Å². The second-order valence-corrected chi connectivity index (χ2v) is 5.86. The molecule has 0 spiro atoms. The van der Waals surface area contributed by atoms with Gasteiger partial charge in [-0.25, -0.2) is 4.39 Å². The SMILES string of the molecule is Nc1cc(N)c(NCC2CCCS2)c(F)c1Cl. The maximum absolute atomic E-state index is 13.8. The van der Waals surface area contributed by atoms with Gasteiger partial charge in [0.15, 0.2) is 5.82 Å². The average Bonchev–Trinajstić information content (AvgIpc) is 2.79. The molecule has 1 aliphatic heterocycles. The lowest BCUT2D eigenvalue weighted by molar-refractivity contribution is 0.631. The van der Waals surface area contributed by atoms with Crippen LogP contribution in [0, 0.1) is 5.82 Å². The summed E-state index contributed by atoms with van der Waals surface area (Å²) in [6.45, 7) is 0.700. The highest BCUT2D eigenvalue weighted by Crippen LogP contribution is 2.34. The second-order valence-electron chi connectivity index (χ2n) is 4.07. The fourth-order valence-electron chi connectivity index (χ4n) is 1.87. The summed E-state index contributed by atoms with van der Waals surface area (Å²) in [5, 5.41) is 3.48. The quantitative estimate of drug-likeness (QED) is 0.742. The zero-order chi connectivity index (χ0) is 12.4. The number of hydrogen-bond acceptors (Lipinski definition) is 4. The van der Waals surface area contributed by atoms with E-state index in [4.69, 9.17) is 23.1 Å². The Kier molecular flexibility index (Phi) is 3.89. The van der Waals surface area contributed by atoms with E-state index >= 15 is 0 Å². The third kappa shape index (κ3) is 2.72. The van der Waals surface area contributed by atoms with E-state index in [0.29, 0.717) is 17.5 Å². The molecular weight excluding hydrogens is 261 g/mol. The first-order valence-corrected chi connectivity index (χ1v) is 6.90. The molecule has 17 heavy (non-hydrogen) atoms. The molecule has 0 saturated carbocycles. The first-order valence-electron chi connectivity index (χ1n) is 5.48. The van der Waals surface area contributed by atoms with Crippen LogP contribution < -0.4 is 16.8 Å². The van der Waals surface area contributed by atoms with Crippen LogP contribution in [0.5, 0.6) is 0 Å². The highest BCUT2D eigenvalue weighted by Gasteiger charge is 2.18. The molecule has 0 bridgehead atoms. The summed E-state index contributed by atoms with van der Waals surface area (Å²) >= 11 is 7.65. The highest BCUT2D eigenvalue weighted by molar-refractivity contribution is 8.00. The van der Waals surface area contributed by atoms with Gasteiger partial charge in [0.1, 0.15) is 5.02 Å². The molecule has 5 N–H and O–H groups in total. The van der Waals surface area contributed by atoms with E-state index < -0.39 is 5.82 Å². The van der Waals surface area contributed by atoms with Crippen molar-refractivity contribution in [3.05, 3.63) is 16.9 Å². The highest BCUT2D eigenvalue weighted by atomic mass is 35.5. The monoisotopic (exact) mass is 275 g/mol. The van der Waals surface area contributed by atoms with Gasteiger partial charge in [0.05, 0.1) is 17.1 Å². The summed E-state index contributed by atoms with van der Waals surface area (Å²) in [7, 11) is 0. The number of halogens is 2. The van der Waals surface area contributed by atoms with Crippen LogP contribution >= 0.6 is 23.4 Å². The molecule has 6 heteroatoms. The predicted octanol–water partition coefficient (Wildman–Crippen LogP) is 2.95. The number of anilines is 3. The van der Waals surface area contributed by atoms with Crippen molar-refractivity contribution in [1.82, 2.24) is 0 Å². The maximum Gasteiger partial charge on any atom is 0.169 e. The van der Waals surface area contributed by atoms with Gasteiger partial charge >= 0.3 is 0 Å². The molecule has 1 unspecified atom stereocenters. The van der Waals surface area contributed by atoms with Gasteiger partial charge in [-0.1, -0.05) is 11.6 Å². The molecule has 3 nitrogen and oxygen atoms in total. The van der Waals surface area contributed by atoms with E-state index in [-0.39, 0.29) is 16.4 Å².